The van der Waals surface area contributed by atoms with Crippen LogP contribution in [0.2, 0.25) is 0 Å². The third-order valence-electron chi connectivity index (χ3n) is 2.53. The molecule has 0 saturated heterocycles. The number of rotatable bonds is 10. The maximum atomic E-state index is 2.34. The molecule has 88 valence electrons. The minimum absolute atomic E-state index is 1.22. The van der Waals surface area contributed by atoms with E-state index < -0.39 is 0 Å². The second kappa shape index (κ2) is 13.5. The van der Waals surface area contributed by atoms with Gasteiger partial charge in [0, 0.05) is 0 Å². The lowest BCUT2D eigenvalue weighted by Gasteiger charge is -1.92. The summed E-state index contributed by atoms with van der Waals surface area (Å²) in [7, 11) is 0. The molecular formula is C15H28. The fraction of sp³-hybridized carbons (Fsp3) is 0.733. The Hall–Kier alpha value is -0.520. The molecule has 0 aliphatic carbocycles. The second-order valence-corrected chi connectivity index (χ2v) is 4.16. The molecule has 0 aliphatic heterocycles. The van der Waals surface area contributed by atoms with E-state index in [1.165, 1.54) is 57.8 Å². The number of hydrogen-bond acceptors (Lipinski definition) is 0. The van der Waals surface area contributed by atoms with Crippen molar-refractivity contribution < 1.29 is 0 Å². The van der Waals surface area contributed by atoms with Crippen molar-refractivity contribution >= 4 is 0 Å². The maximum Gasteiger partial charge on any atom is -0.0316 e. The molecule has 0 rings (SSSR count). The molecular weight excluding hydrogens is 180 g/mol. The number of allylic oxidation sites excluding steroid dienone is 4. The molecule has 0 nitrogen and oxygen atoms in total. The first-order valence-corrected chi connectivity index (χ1v) is 6.71. The van der Waals surface area contributed by atoms with Crippen LogP contribution >= 0.6 is 0 Å². The quantitative estimate of drug-likeness (QED) is 0.321. The van der Waals surface area contributed by atoms with E-state index in [9.17, 15) is 0 Å². The summed E-state index contributed by atoms with van der Waals surface area (Å²) in [5, 5.41) is 0. The standard InChI is InChI=1S/C15H28/c1-3-5-7-9-11-13-15-14-12-10-8-6-4-2/h9,11-12,14H,3-8,10,13,15H2,1-2H3. The summed E-state index contributed by atoms with van der Waals surface area (Å²) >= 11 is 0. The van der Waals surface area contributed by atoms with Crippen LogP contribution in [0.25, 0.3) is 0 Å². The van der Waals surface area contributed by atoms with E-state index in [1.54, 1.807) is 0 Å². The first-order chi connectivity index (χ1) is 7.41. The van der Waals surface area contributed by atoms with E-state index in [-0.39, 0.29) is 0 Å². The molecule has 0 amide bonds. The van der Waals surface area contributed by atoms with Gasteiger partial charge in [-0.05, 0) is 32.1 Å². The van der Waals surface area contributed by atoms with Crippen molar-refractivity contribution in [3.05, 3.63) is 24.3 Å². The number of hydrogen-bond donors (Lipinski definition) is 0. The highest BCUT2D eigenvalue weighted by Gasteiger charge is 1.82. The van der Waals surface area contributed by atoms with Gasteiger partial charge in [0.25, 0.3) is 0 Å². The van der Waals surface area contributed by atoms with E-state index >= 15 is 0 Å². The molecule has 0 fully saturated rings. The largest absolute Gasteiger partial charge is 0.0885 e. The van der Waals surface area contributed by atoms with Crippen LogP contribution < -0.4 is 0 Å². The van der Waals surface area contributed by atoms with Crippen LogP contribution in [-0.4, -0.2) is 0 Å². The summed E-state index contributed by atoms with van der Waals surface area (Å²) in [6.07, 6.45) is 21.0. The first-order valence-electron chi connectivity index (χ1n) is 6.71. The summed E-state index contributed by atoms with van der Waals surface area (Å²) in [6, 6.07) is 0. The van der Waals surface area contributed by atoms with Gasteiger partial charge in [-0.1, -0.05) is 63.8 Å². The van der Waals surface area contributed by atoms with Crippen LogP contribution in [0.3, 0.4) is 0 Å². The Labute approximate surface area is 96.5 Å². The Morgan fingerprint density at radius 1 is 0.533 bits per heavy atom. The average Bonchev–Trinajstić information content (AvgIpc) is 2.26. The van der Waals surface area contributed by atoms with Gasteiger partial charge in [0.1, 0.15) is 0 Å². The van der Waals surface area contributed by atoms with Crippen LogP contribution in [0.4, 0.5) is 0 Å². The van der Waals surface area contributed by atoms with Gasteiger partial charge < -0.3 is 0 Å². The summed E-state index contributed by atoms with van der Waals surface area (Å²) in [4.78, 5) is 0. The Balaban J connectivity index is 3.12. The summed E-state index contributed by atoms with van der Waals surface area (Å²) < 4.78 is 0. The smallest absolute Gasteiger partial charge is 0.0316 e. The normalized spacial score (nSPS) is 11.9. The van der Waals surface area contributed by atoms with Crippen LogP contribution in [0.15, 0.2) is 24.3 Å². The summed E-state index contributed by atoms with van der Waals surface area (Å²) in [6.45, 7) is 4.50. The van der Waals surface area contributed by atoms with Crippen molar-refractivity contribution in [3.8, 4) is 0 Å². The van der Waals surface area contributed by atoms with Gasteiger partial charge in [-0.25, -0.2) is 0 Å². The van der Waals surface area contributed by atoms with Crippen LogP contribution in [0.5, 0.6) is 0 Å². The minimum atomic E-state index is 1.22. The number of unbranched alkanes of at least 4 members (excludes halogenated alkanes) is 6. The van der Waals surface area contributed by atoms with Crippen molar-refractivity contribution in [2.75, 3.05) is 0 Å². The second-order valence-electron chi connectivity index (χ2n) is 4.16. The Morgan fingerprint density at radius 3 is 1.53 bits per heavy atom. The molecule has 0 aromatic rings. The minimum Gasteiger partial charge on any atom is -0.0885 e. The molecule has 0 aromatic heterocycles. The fourth-order valence-corrected chi connectivity index (χ4v) is 1.50. The lowest BCUT2D eigenvalue weighted by atomic mass is 10.1. The molecule has 15 heavy (non-hydrogen) atoms. The predicted molar refractivity (Wildman–Crippen MR) is 71.2 cm³/mol. The topological polar surface area (TPSA) is 0 Å². The third kappa shape index (κ3) is 13.5. The van der Waals surface area contributed by atoms with Gasteiger partial charge in [-0.3, -0.25) is 0 Å². The van der Waals surface area contributed by atoms with Gasteiger partial charge in [0.15, 0.2) is 0 Å². The molecule has 0 atom stereocenters. The fourth-order valence-electron chi connectivity index (χ4n) is 1.50. The Morgan fingerprint density at radius 2 is 1.00 bits per heavy atom. The van der Waals surface area contributed by atoms with E-state index in [0.717, 1.165) is 0 Å². The zero-order valence-corrected chi connectivity index (χ0v) is 10.7. The van der Waals surface area contributed by atoms with E-state index in [4.69, 9.17) is 0 Å². The molecule has 0 radical (unpaired) electrons. The van der Waals surface area contributed by atoms with Crippen molar-refractivity contribution in [2.45, 2.75) is 71.6 Å². The lowest BCUT2D eigenvalue weighted by molar-refractivity contribution is 0.728. The van der Waals surface area contributed by atoms with E-state index in [1.807, 2.05) is 0 Å². The molecule has 0 N–H and O–H groups in total. The first kappa shape index (κ1) is 14.5. The molecule has 0 aromatic carbocycles. The molecule has 0 aliphatic rings. The van der Waals surface area contributed by atoms with Crippen LogP contribution in [0, 0.1) is 0 Å². The summed E-state index contributed by atoms with van der Waals surface area (Å²) in [5.74, 6) is 0. The highest BCUT2D eigenvalue weighted by atomic mass is 13.9. The van der Waals surface area contributed by atoms with Gasteiger partial charge in [0.05, 0.1) is 0 Å². The van der Waals surface area contributed by atoms with Crippen LogP contribution in [-0.2, 0) is 0 Å². The zero-order valence-electron chi connectivity index (χ0n) is 10.7. The molecule has 0 saturated carbocycles. The monoisotopic (exact) mass is 208 g/mol. The lowest BCUT2D eigenvalue weighted by Crippen LogP contribution is -1.71. The molecule has 0 spiro atoms. The molecule has 0 bridgehead atoms. The highest BCUT2D eigenvalue weighted by molar-refractivity contribution is 4.87. The highest BCUT2D eigenvalue weighted by Crippen LogP contribution is 2.02. The van der Waals surface area contributed by atoms with Crippen molar-refractivity contribution in [1.29, 1.82) is 0 Å². The van der Waals surface area contributed by atoms with Crippen LogP contribution in [0.1, 0.15) is 71.6 Å². The molecule has 0 unspecified atom stereocenters. The van der Waals surface area contributed by atoms with Gasteiger partial charge in [-0.2, -0.15) is 0 Å². The maximum absolute atomic E-state index is 2.34. The predicted octanol–water partition coefficient (Wildman–Crippen LogP) is 5.65. The van der Waals surface area contributed by atoms with Gasteiger partial charge in [0.2, 0.25) is 0 Å². The van der Waals surface area contributed by atoms with Gasteiger partial charge >= 0.3 is 0 Å². The SMILES string of the molecule is CCCCC=CCCC=CCCCCC. The molecule has 0 heterocycles. The summed E-state index contributed by atoms with van der Waals surface area (Å²) in [5.41, 5.74) is 0. The average molecular weight is 208 g/mol. The van der Waals surface area contributed by atoms with E-state index in [0.29, 0.717) is 0 Å². The van der Waals surface area contributed by atoms with Crippen molar-refractivity contribution in [3.63, 3.8) is 0 Å². The van der Waals surface area contributed by atoms with E-state index in [2.05, 4.69) is 38.2 Å². The molecule has 0 heteroatoms. The Bertz CT molecular complexity index is 153. The third-order valence-corrected chi connectivity index (χ3v) is 2.53. The van der Waals surface area contributed by atoms with Gasteiger partial charge in [-0.15, -0.1) is 0 Å². The Kier molecular flexibility index (Phi) is 13.0. The zero-order chi connectivity index (χ0) is 11.2. The van der Waals surface area contributed by atoms with Crippen molar-refractivity contribution in [2.24, 2.45) is 0 Å². The van der Waals surface area contributed by atoms with Crippen molar-refractivity contribution in [1.82, 2.24) is 0 Å².